The summed E-state index contributed by atoms with van der Waals surface area (Å²) < 4.78 is 5.38. The van der Waals surface area contributed by atoms with Gasteiger partial charge in [0, 0.05) is 26.2 Å². The molecule has 1 aliphatic carbocycles. The highest BCUT2D eigenvalue weighted by atomic mass is 16.5. The Hall–Kier alpha value is -0.650. The van der Waals surface area contributed by atoms with E-state index in [2.05, 4.69) is 22.0 Å². The highest BCUT2D eigenvalue weighted by molar-refractivity contribution is 5.89. The number of nitrogens with zero attached hydrogens (tertiary/aromatic N) is 2. The normalized spacial score (nSPS) is 30.6. The van der Waals surface area contributed by atoms with Crippen LogP contribution in [0.4, 0.5) is 0 Å². The summed E-state index contributed by atoms with van der Waals surface area (Å²) in [6.07, 6.45) is 5.66. The summed E-state index contributed by atoms with van der Waals surface area (Å²) in [6, 6.07) is 0. The molecule has 1 N–H and O–H groups in total. The van der Waals surface area contributed by atoms with Gasteiger partial charge in [-0.15, -0.1) is 0 Å². The van der Waals surface area contributed by atoms with Crippen molar-refractivity contribution in [3.8, 4) is 0 Å². The van der Waals surface area contributed by atoms with Gasteiger partial charge in [0.1, 0.15) is 0 Å². The first-order valence-electron chi connectivity index (χ1n) is 8.14. The maximum atomic E-state index is 12.8. The van der Waals surface area contributed by atoms with E-state index in [0.717, 1.165) is 58.7 Å². The molecular formula is C15H27N3O2. The van der Waals surface area contributed by atoms with Gasteiger partial charge in [0.25, 0.3) is 0 Å². The van der Waals surface area contributed by atoms with Crippen molar-refractivity contribution in [3.05, 3.63) is 0 Å². The van der Waals surface area contributed by atoms with Crippen molar-refractivity contribution in [3.63, 3.8) is 0 Å². The van der Waals surface area contributed by atoms with E-state index >= 15 is 0 Å². The zero-order valence-corrected chi connectivity index (χ0v) is 12.6. The predicted molar refractivity (Wildman–Crippen MR) is 77.4 cm³/mol. The monoisotopic (exact) mass is 281 g/mol. The molecule has 5 nitrogen and oxygen atoms in total. The topological polar surface area (TPSA) is 44.8 Å². The lowest BCUT2D eigenvalue weighted by Gasteiger charge is -2.30. The molecular weight excluding hydrogens is 254 g/mol. The van der Waals surface area contributed by atoms with Crippen LogP contribution in [0, 0.1) is 0 Å². The van der Waals surface area contributed by atoms with Gasteiger partial charge < -0.3 is 9.64 Å². The first kappa shape index (κ1) is 14.3. The number of nitrogens with one attached hydrogen (secondary N) is 1. The number of hydrogen-bond acceptors (Lipinski definition) is 4. The molecule has 5 heteroatoms. The second-order valence-electron chi connectivity index (χ2n) is 6.31. The number of carbonyl (C=O) groups excluding carboxylic acids is 1. The molecule has 0 bridgehead atoms. The average molecular weight is 281 g/mol. The molecule has 0 aromatic carbocycles. The van der Waals surface area contributed by atoms with Gasteiger partial charge in [-0.2, -0.15) is 0 Å². The van der Waals surface area contributed by atoms with Crippen molar-refractivity contribution in [1.29, 1.82) is 0 Å². The van der Waals surface area contributed by atoms with Crippen molar-refractivity contribution in [2.45, 2.75) is 50.7 Å². The van der Waals surface area contributed by atoms with E-state index in [1.807, 2.05) is 0 Å². The van der Waals surface area contributed by atoms with Crippen LogP contribution in [0.3, 0.4) is 0 Å². The Kier molecular flexibility index (Phi) is 4.29. The number of carbonyl (C=O) groups is 1. The number of morpholine rings is 1. The second-order valence-corrected chi connectivity index (χ2v) is 6.31. The standard InChI is InChI=1S/C15H27N3O2/c1-2-13-16-15(5-3-4-6-15)14(19)18(13)8-7-17-9-11-20-12-10-17/h13,16H,2-12H2,1H3. The maximum absolute atomic E-state index is 12.8. The minimum Gasteiger partial charge on any atom is -0.379 e. The maximum Gasteiger partial charge on any atom is 0.244 e. The van der Waals surface area contributed by atoms with Crippen molar-refractivity contribution < 1.29 is 9.53 Å². The lowest BCUT2D eigenvalue weighted by molar-refractivity contribution is -0.133. The summed E-state index contributed by atoms with van der Waals surface area (Å²) in [6.45, 7) is 7.64. The summed E-state index contributed by atoms with van der Waals surface area (Å²) in [7, 11) is 0. The Morgan fingerprint density at radius 1 is 1.25 bits per heavy atom. The Labute approximate surface area is 121 Å². The van der Waals surface area contributed by atoms with Crippen LogP contribution in [0.2, 0.25) is 0 Å². The van der Waals surface area contributed by atoms with Crippen LogP contribution < -0.4 is 5.32 Å². The molecule has 2 saturated heterocycles. The van der Waals surface area contributed by atoms with E-state index in [9.17, 15) is 4.79 Å². The minimum absolute atomic E-state index is 0.217. The van der Waals surface area contributed by atoms with E-state index in [1.165, 1.54) is 12.8 Å². The third-order valence-electron chi connectivity index (χ3n) is 5.09. The van der Waals surface area contributed by atoms with Crippen molar-refractivity contribution in [2.75, 3.05) is 39.4 Å². The Morgan fingerprint density at radius 2 is 1.95 bits per heavy atom. The van der Waals surface area contributed by atoms with Gasteiger partial charge in [0.15, 0.2) is 0 Å². The number of ether oxygens (including phenoxy) is 1. The summed E-state index contributed by atoms with van der Waals surface area (Å²) >= 11 is 0. The molecule has 1 atom stereocenters. The Morgan fingerprint density at radius 3 is 2.60 bits per heavy atom. The van der Waals surface area contributed by atoms with E-state index < -0.39 is 0 Å². The third-order valence-corrected chi connectivity index (χ3v) is 5.09. The quantitative estimate of drug-likeness (QED) is 0.828. The fourth-order valence-corrected chi connectivity index (χ4v) is 3.87. The van der Waals surface area contributed by atoms with Crippen LogP contribution in [0.15, 0.2) is 0 Å². The third kappa shape index (κ3) is 2.59. The molecule has 0 aromatic heterocycles. The molecule has 114 valence electrons. The van der Waals surface area contributed by atoms with Crippen LogP contribution in [0.25, 0.3) is 0 Å². The molecule has 0 radical (unpaired) electrons. The molecule has 1 spiro atoms. The van der Waals surface area contributed by atoms with Gasteiger partial charge in [0.05, 0.1) is 24.9 Å². The summed E-state index contributed by atoms with van der Waals surface area (Å²) in [5.41, 5.74) is -0.217. The average Bonchev–Trinajstić information content (AvgIpc) is 3.06. The first-order valence-corrected chi connectivity index (χ1v) is 8.14. The molecule has 1 amide bonds. The largest absolute Gasteiger partial charge is 0.379 e. The summed E-state index contributed by atoms with van der Waals surface area (Å²) in [5, 5.41) is 3.64. The number of rotatable bonds is 4. The van der Waals surface area contributed by atoms with Gasteiger partial charge in [-0.1, -0.05) is 19.8 Å². The van der Waals surface area contributed by atoms with Crippen LogP contribution in [-0.4, -0.2) is 66.8 Å². The Bertz CT molecular complexity index is 349. The van der Waals surface area contributed by atoms with Crippen LogP contribution >= 0.6 is 0 Å². The highest BCUT2D eigenvalue weighted by Crippen LogP contribution is 2.36. The van der Waals surface area contributed by atoms with Crippen LogP contribution in [0.5, 0.6) is 0 Å². The zero-order chi connectivity index (χ0) is 14.0. The number of amides is 1. The van der Waals surface area contributed by atoms with Gasteiger partial charge >= 0.3 is 0 Å². The summed E-state index contributed by atoms with van der Waals surface area (Å²) in [5.74, 6) is 0.357. The molecule has 2 aliphatic heterocycles. The second kappa shape index (κ2) is 6.00. The molecule has 2 heterocycles. The molecule has 3 aliphatic rings. The molecule has 0 aromatic rings. The lowest BCUT2D eigenvalue weighted by Crippen LogP contribution is -2.45. The number of hydrogen-bond donors (Lipinski definition) is 1. The van der Waals surface area contributed by atoms with Crippen molar-refractivity contribution >= 4 is 5.91 Å². The fraction of sp³-hybridized carbons (Fsp3) is 0.933. The van der Waals surface area contributed by atoms with Crippen LogP contribution in [-0.2, 0) is 9.53 Å². The minimum atomic E-state index is -0.217. The molecule has 3 rings (SSSR count). The van der Waals surface area contributed by atoms with Crippen LogP contribution in [0.1, 0.15) is 39.0 Å². The smallest absolute Gasteiger partial charge is 0.244 e. The summed E-state index contributed by atoms with van der Waals surface area (Å²) in [4.78, 5) is 17.3. The van der Waals surface area contributed by atoms with Crippen molar-refractivity contribution in [2.24, 2.45) is 0 Å². The highest BCUT2D eigenvalue weighted by Gasteiger charge is 2.51. The molecule has 1 unspecified atom stereocenters. The van der Waals surface area contributed by atoms with Gasteiger partial charge in [-0.05, 0) is 19.3 Å². The SMILES string of the molecule is CCC1NC2(CCCC2)C(=O)N1CCN1CCOCC1. The Balaban J connectivity index is 1.60. The van der Waals surface area contributed by atoms with Gasteiger partial charge in [0.2, 0.25) is 5.91 Å². The van der Waals surface area contributed by atoms with Crippen molar-refractivity contribution in [1.82, 2.24) is 15.1 Å². The predicted octanol–water partition coefficient (Wildman–Crippen LogP) is 0.799. The van der Waals surface area contributed by atoms with E-state index in [4.69, 9.17) is 4.74 Å². The van der Waals surface area contributed by atoms with E-state index in [-0.39, 0.29) is 11.7 Å². The van der Waals surface area contributed by atoms with Gasteiger partial charge in [-0.3, -0.25) is 15.0 Å². The fourth-order valence-electron chi connectivity index (χ4n) is 3.87. The molecule has 20 heavy (non-hydrogen) atoms. The lowest BCUT2D eigenvalue weighted by atomic mass is 9.98. The first-order chi connectivity index (χ1) is 9.75. The van der Waals surface area contributed by atoms with E-state index in [1.54, 1.807) is 0 Å². The van der Waals surface area contributed by atoms with Gasteiger partial charge in [-0.25, -0.2) is 0 Å². The molecule has 3 fully saturated rings. The molecule has 1 saturated carbocycles. The zero-order valence-electron chi connectivity index (χ0n) is 12.6. The van der Waals surface area contributed by atoms with E-state index in [0.29, 0.717) is 5.91 Å².